The van der Waals surface area contributed by atoms with Crippen molar-refractivity contribution < 1.29 is 0 Å². The maximum Gasteiger partial charge on any atom is 0.0479 e. The van der Waals surface area contributed by atoms with E-state index in [9.17, 15) is 0 Å². The van der Waals surface area contributed by atoms with Crippen LogP contribution in [0.2, 0.25) is 0 Å². The standard InChI is InChI=1S/C12H28N4/c1-12(2)14-5-4-6-15-7-9-16(10-8-15)11-13-3/h12-14H,4-11H2,1-3H3. The zero-order valence-electron chi connectivity index (χ0n) is 11.1. The summed E-state index contributed by atoms with van der Waals surface area (Å²) in [6.45, 7) is 12.7. The van der Waals surface area contributed by atoms with Crippen molar-refractivity contribution in [3.8, 4) is 0 Å². The first kappa shape index (κ1) is 13.9. The van der Waals surface area contributed by atoms with Crippen LogP contribution in [0.15, 0.2) is 0 Å². The summed E-state index contributed by atoms with van der Waals surface area (Å²) in [5.41, 5.74) is 0. The van der Waals surface area contributed by atoms with Crippen LogP contribution in [0.25, 0.3) is 0 Å². The van der Waals surface area contributed by atoms with Gasteiger partial charge >= 0.3 is 0 Å². The molecule has 0 aromatic carbocycles. The molecule has 0 aromatic rings. The largest absolute Gasteiger partial charge is 0.314 e. The maximum atomic E-state index is 3.47. The first-order valence-electron chi connectivity index (χ1n) is 6.55. The summed E-state index contributed by atoms with van der Waals surface area (Å²) < 4.78 is 0. The zero-order valence-corrected chi connectivity index (χ0v) is 11.1. The van der Waals surface area contributed by atoms with E-state index >= 15 is 0 Å². The van der Waals surface area contributed by atoms with Gasteiger partial charge in [-0.2, -0.15) is 0 Å². The van der Waals surface area contributed by atoms with Crippen LogP contribution >= 0.6 is 0 Å². The molecule has 0 bridgehead atoms. The zero-order chi connectivity index (χ0) is 11.8. The molecule has 4 nitrogen and oxygen atoms in total. The summed E-state index contributed by atoms with van der Waals surface area (Å²) in [6, 6.07) is 0.618. The Labute approximate surface area is 100 Å². The fraction of sp³-hybridized carbons (Fsp3) is 1.00. The van der Waals surface area contributed by atoms with E-state index in [1.165, 1.54) is 39.1 Å². The predicted octanol–water partition coefficient (Wildman–Crippen LogP) is 0.169. The van der Waals surface area contributed by atoms with Crippen molar-refractivity contribution in [2.24, 2.45) is 0 Å². The van der Waals surface area contributed by atoms with Crippen LogP contribution in [0.4, 0.5) is 0 Å². The molecule has 1 saturated heterocycles. The van der Waals surface area contributed by atoms with Crippen LogP contribution in [0, 0.1) is 0 Å². The molecule has 0 amide bonds. The molecule has 4 heteroatoms. The first-order chi connectivity index (χ1) is 7.72. The minimum absolute atomic E-state index is 0.618. The third kappa shape index (κ3) is 5.80. The molecule has 0 saturated carbocycles. The highest BCUT2D eigenvalue weighted by Gasteiger charge is 2.15. The molecule has 96 valence electrons. The molecule has 0 spiro atoms. The van der Waals surface area contributed by atoms with Crippen molar-refractivity contribution >= 4 is 0 Å². The van der Waals surface area contributed by atoms with Crippen molar-refractivity contribution in [2.75, 3.05) is 53.0 Å². The molecular weight excluding hydrogens is 200 g/mol. The van der Waals surface area contributed by atoms with Crippen molar-refractivity contribution in [2.45, 2.75) is 26.3 Å². The Morgan fingerprint density at radius 1 is 1.06 bits per heavy atom. The van der Waals surface area contributed by atoms with Gasteiger partial charge < -0.3 is 15.5 Å². The van der Waals surface area contributed by atoms with E-state index in [2.05, 4.69) is 34.3 Å². The highest BCUT2D eigenvalue weighted by molar-refractivity contribution is 4.71. The normalized spacial score (nSPS) is 19.5. The van der Waals surface area contributed by atoms with Gasteiger partial charge in [0.05, 0.1) is 0 Å². The van der Waals surface area contributed by atoms with Gasteiger partial charge in [0.15, 0.2) is 0 Å². The molecule has 2 N–H and O–H groups in total. The number of rotatable bonds is 7. The van der Waals surface area contributed by atoms with E-state index in [1.54, 1.807) is 0 Å². The van der Waals surface area contributed by atoms with E-state index in [-0.39, 0.29) is 0 Å². The lowest BCUT2D eigenvalue weighted by atomic mass is 10.3. The van der Waals surface area contributed by atoms with Crippen molar-refractivity contribution in [1.82, 2.24) is 20.4 Å². The molecule has 1 aliphatic rings. The molecule has 1 heterocycles. The van der Waals surface area contributed by atoms with Crippen molar-refractivity contribution in [1.29, 1.82) is 0 Å². The summed E-state index contributed by atoms with van der Waals surface area (Å²) in [6.07, 6.45) is 1.27. The molecule has 1 fully saturated rings. The Balaban J connectivity index is 1.99. The van der Waals surface area contributed by atoms with Crippen LogP contribution in [-0.2, 0) is 0 Å². The summed E-state index contributed by atoms with van der Waals surface area (Å²) in [5.74, 6) is 0. The molecule has 0 aromatic heterocycles. The van der Waals surface area contributed by atoms with Crippen LogP contribution in [0.1, 0.15) is 20.3 Å². The van der Waals surface area contributed by atoms with Gasteiger partial charge in [-0.1, -0.05) is 13.8 Å². The molecule has 16 heavy (non-hydrogen) atoms. The number of piperazine rings is 1. The average Bonchev–Trinajstić information content (AvgIpc) is 2.27. The van der Waals surface area contributed by atoms with Gasteiger partial charge in [-0.05, 0) is 26.6 Å². The van der Waals surface area contributed by atoms with E-state index in [4.69, 9.17) is 0 Å². The van der Waals surface area contributed by atoms with Gasteiger partial charge in [0.2, 0.25) is 0 Å². The van der Waals surface area contributed by atoms with E-state index in [0.29, 0.717) is 6.04 Å². The van der Waals surface area contributed by atoms with E-state index in [0.717, 1.165) is 13.2 Å². The van der Waals surface area contributed by atoms with Gasteiger partial charge in [0.1, 0.15) is 0 Å². The molecule has 0 aliphatic carbocycles. The third-order valence-electron chi connectivity index (χ3n) is 3.05. The molecule has 0 radical (unpaired) electrons. The average molecular weight is 228 g/mol. The van der Waals surface area contributed by atoms with Gasteiger partial charge in [-0.3, -0.25) is 4.90 Å². The molecule has 1 rings (SSSR count). The molecular formula is C12H28N4. The minimum Gasteiger partial charge on any atom is -0.314 e. The Morgan fingerprint density at radius 2 is 1.69 bits per heavy atom. The highest BCUT2D eigenvalue weighted by atomic mass is 15.3. The van der Waals surface area contributed by atoms with Crippen LogP contribution in [-0.4, -0.2) is 68.8 Å². The fourth-order valence-corrected chi connectivity index (χ4v) is 2.09. The van der Waals surface area contributed by atoms with Crippen LogP contribution < -0.4 is 10.6 Å². The molecule has 0 atom stereocenters. The SMILES string of the molecule is CNCN1CCN(CCCNC(C)C)CC1. The second-order valence-electron chi connectivity index (χ2n) is 4.93. The number of nitrogens with zero attached hydrogens (tertiary/aromatic N) is 2. The summed E-state index contributed by atoms with van der Waals surface area (Å²) in [7, 11) is 2.02. The van der Waals surface area contributed by atoms with E-state index in [1.807, 2.05) is 7.05 Å². The number of hydrogen-bond donors (Lipinski definition) is 2. The lowest BCUT2D eigenvalue weighted by molar-refractivity contribution is 0.126. The van der Waals surface area contributed by atoms with Crippen molar-refractivity contribution in [3.63, 3.8) is 0 Å². The molecule has 0 unspecified atom stereocenters. The lowest BCUT2D eigenvalue weighted by Gasteiger charge is -2.34. The maximum absolute atomic E-state index is 3.47. The quantitative estimate of drug-likeness (QED) is 0.608. The van der Waals surface area contributed by atoms with Gasteiger partial charge in [0, 0.05) is 38.9 Å². The van der Waals surface area contributed by atoms with Gasteiger partial charge in [-0.15, -0.1) is 0 Å². The highest BCUT2D eigenvalue weighted by Crippen LogP contribution is 2.00. The Kier molecular flexibility index (Phi) is 6.96. The smallest absolute Gasteiger partial charge is 0.0479 e. The first-order valence-corrected chi connectivity index (χ1v) is 6.55. The Morgan fingerprint density at radius 3 is 2.25 bits per heavy atom. The van der Waals surface area contributed by atoms with Crippen LogP contribution in [0.5, 0.6) is 0 Å². The topological polar surface area (TPSA) is 30.5 Å². The molecule has 1 aliphatic heterocycles. The Hall–Kier alpha value is -0.160. The number of hydrogen-bond acceptors (Lipinski definition) is 4. The van der Waals surface area contributed by atoms with Gasteiger partial charge in [0.25, 0.3) is 0 Å². The lowest BCUT2D eigenvalue weighted by Crippen LogP contribution is -2.49. The predicted molar refractivity (Wildman–Crippen MR) is 69.7 cm³/mol. The second kappa shape index (κ2) is 8.01. The summed E-state index contributed by atoms with van der Waals surface area (Å²) >= 11 is 0. The van der Waals surface area contributed by atoms with Crippen molar-refractivity contribution in [3.05, 3.63) is 0 Å². The van der Waals surface area contributed by atoms with Gasteiger partial charge in [-0.25, -0.2) is 0 Å². The summed E-state index contributed by atoms with van der Waals surface area (Å²) in [4.78, 5) is 5.05. The summed E-state index contributed by atoms with van der Waals surface area (Å²) in [5, 5.41) is 6.68. The number of nitrogens with one attached hydrogen (secondary N) is 2. The second-order valence-corrected chi connectivity index (χ2v) is 4.93. The Bertz CT molecular complexity index is 164. The monoisotopic (exact) mass is 228 g/mol. The fourth-order valence-electron chi connectivity index (χ4n) is 2.09. The van der Waals surface area contributed by atoms with E-state index < -0.39 is 0 Å². The third-order valence-corrected chi connectivity index (χ3v) is 3.05. The van der Waals surface area contributed by atoms with Crippen LogP contribution in [0.3, 0.4) is 0 Å². The minimum atomic E-state index is 0.618.